The van der Waals surface area contributed by atoms with Crippen LogP contribution in [0.15, 0.2) is 18.2 Å². The van der Waals surface area contributed by atoms with Gasteiger partial charge in [0.15, 0.2) is 11.5 Å². The average molecular weight is 346 g/mol. The van der Waals surface area contributed by atoms with Gasteiger partial charge < -0.3 is 14.4 Å². The number of nitrogens with zero attached hydrogens (tertiary/aromatic N) is 2. The molecule has 0 spiro atoms. The Hall–Kier alpha value is -2.08. The molecule has 0 radical (unpaired) electrons. The molecule has 0 aliphatic carbocycles. The summed E-state index contributed by atoms with van der Waals surface area (Å²) in [5, 5.41) is 1.02. The first-order chi connectivity index (χ1) is 11.5. The Balaban J connectivity index is 1.83. The molecule has 1 aromatic heterocycles. The Kier molecular flexibility index (Phi) is 4.76. The van der Waals surface area contributed by atoms with E-state index in [-0.39, 0.29) is 11.9 Å². The first kappa shape index (κ1) is 16.8. The van der Waals surface area contributed by atoms with Crippen molar-refractivity contribution < 1.29 is 14.3 Å². The van der Waals surface area contributed by atoms with E-state index in [0.717, 1.165) is 22.0 Å². The van der Waals surface area contributed by atoms with Crippen LogP contribution in [-0.2, 0) is 0 Å². The van der Waals surface area contributed by atoms with Crippen LogP contribution in [0.3, 0.4) is 0 Å². The van der Waals surface area contributed by atoms with Crippen LogP contribution in [0.25, 0.3) is 0 Å². The van der Waals surface area contributed by atoms with Gasteiger partial charge in [-0.2, -0.15) is 0 Å². The lowest BCUT2D eigenvalue weighted by Crippen LogP contribution is -2.29. The predicted octanol–water partition coefficient (Wildman–Crippen LogP) is 3.75. The summed E-state index contributed by atoms with van der Waals surface area (Å²) < 4.78 is 11.3. The fraction of sp³-hybridized carbons (Fsp3) is 0.444. The zero-order valence-corrected chi connectivity index (χ0v) is 15.3. The van der Waals surface area contributed by atoms with Gasteiger partial charge in [-0.15, -0.1) is 11.3 Å². The molecule has 0 bridgehead atoms. The molecule has 1 aromatic carbocycles. The summed E-state index contributed by atoms with van der Waals surface area (Å²) in [6, 6.07) is 5.36. The van der Waals surface area contributed by atoms with E-state index in [1.807, 2.05) is 33.9 Å². The van der Waals surface area contributed by atoms with E-state index in [0.29, 0.717) is 30.3 Å². The van der Waals surface area contributed by atoms with E-state index in [4.69, 9.17) is 9.47 Å². The van der Waals surface area contributed by atoms with Gasteiger partial charge in [-0.05, 0) is 39.0 Å². The summed E-state index contributed by atoms with van der Waals surface area (Å²) in [4.78, 5) is 20.2. The van der Waals surface area contributed by atoms with E-state index >= 15 is 0 Å². The summed E-state index contributed by atoms with van der Waals surface area (Å²) >= 11 is 1.64. The minimum Gasteiger partial charge on any atom is -0.490 e. The van der Waals surface area contributed by atoms with Crippen molar-refractivity contribution in [3.05, 3.63) is 39.3 Å². The highest BCUT2D eigenvalue weighted by molar-refractivity contribution is 7.11. The standard InChI is InChI=1S/C18H22N2O3S/c1-11-17(24-13(3)19-11)12(2)20(4)18(21)14-6-7-15-16(10-14)23-9-5-8-22-15/h6-7,10,12H,5,8-9H2,1-4H3/t12-/m0/s1. The number of carbonyl (C=O) groups excluding carboxylic acids is 1. The van der Waals surface area contributed by atoms with Crippen LogP contribution in [0.4, 0.5) is 0 Å². The third-order valence-corrected chi connectivity index (χ3v) is 5.46. The second-order valence-corrected chi connectivity index (χ2v) is 7.22. The maximum Gasteiger partial charge on any atom is 0.254 e. The van der Waals surface area contributed by atoms with E-state index in [9.17, 15) is 4.79 Å². The third-order valence-electron chi connectivity index (χ3n) is 4.21. The molecule has 3 rings (SSSR count). The van der Waals surface area contributed by atoms with Crippen LogP contribution >= 0.6 is 11.3 Å². The summed E-state index contributed by atoms with van der Waals surface area (Å²) in [5.74, 6) is 1.31. The Morgan fingerprint density at radius 1 is 1.25 bits per heavy atom. The molecule has 5 nitrogen and oxygen atoms in total. The van der Waals surface area contributed by atoms with Gasteiger partial charge in [-0.3, -0.25) is 4.79 Å². The molecule has 128 valence electrons. The number of fused-ring (bicyclic) bond motifs is 1. The van der Waals surface area contributed by atoms with Gasteiger partial charge in [-0.1, -0.05) is 0 Å². The minimum absolute atomic E-state index is 0.0281. The molecule has 24 heavy (non-hydrogen) atoms. The molecule has 1 atom stereocenters. The molecular weight excluding hydrogens is 324 g/mol. The largest absolute Gasteiger partial charge is 0.490 e. The zero-order chi connectivity index (χ0) is 17.3. The van der Waals surface area contributed by atoms with Gasteiger partial charge >= 0.3 is 0 Å². The molecule has 0 saturated carbocycles. The van der Waals surface area contributed by atoms with Crippen molar-refractivity contribution in [3.63, 3.8) is 0 Å². The van der Waals surface area contributed by atoms with Gasteiger partial charge in [0.1, 0.15) is 0 Å². The second kappa shape index (κ2) is 6.81. The van der Waals surface area contributed by atoms with Crippen molar-refractivity contribution in [1.82, 2.24) is 9.88 Å². The quantitative estimate of drug-likeness (QED) is 0.849. The van der Waals surface area contributed by atoms with Crippen LogP contribution < -0.4 is 9.47 Å². The van der Waals surface area contributed by atoms with Crippen molar-refractivity contribution in [2.24, 2.45) is 0 Å². The number of hydrogen-bond acceptors (Lipinski definition) is 5. The van der Waals surface area contributed by atoms with E-state index in [1.54, 1.807) is 28.4 Å². The van der Waals surface area contributed by atoms with Gasteiger partial charge in [0.05, 0.1) is 30.0 Å². The Labute approximate surface area is 146 Å². The molecule has 0 N–H and O–H groups in total. The molecule has 0 unspecified atom stereocenters. The highest BCUT2D eigenvalue weighted by Gasteiger charge is 2.23. The maximum absolute atomic E-state index is 12.9. The van der Waals surface area contributed by atoms with Crippen molar-refractivity contribution >= 4 is 17.2 Å². The Morgan fingerprint density at radius 3 is 2.62 bits per heavy atom. The van der Waals surface area contributed by atoms with E-state index in [2.05, 4.69) is 4.98 Å². The number of amides is 1. The maximum atomic E-state index is 12.9. The molecule has 1 aliphatic rings. The molecular formula is C18H22N2O3S. The van der Waals surface area contributed by atoms with Crippen molar-refractivity contribution in [1.29, 1.82) is 0 Å². The van der Waals surface area contributed by atoms with Gasteiger partial charge in [0.25, 0.3) is 5.91 Å². The highest BCUT2D eigenvalue weighted by atomic mass is 32.1. The highest BCUT2D eigenvalue weighted by Crippen LogP contribution is 2.33. The summed E-state index contributed by atoms with van der Waals surface area (Å²) in [7, 11) is 1.82. The van der Waals surface area contributed by atoms with Crippen molar-refractivity contribution in [2.75, 3.05) is 20.3 Å². The van der Waals surface area contributed by atoms with Crippen LogP contribution in [0.5, 0.6) is 11.5 Å². The van der Waals surface area contributed by atoms with Crippen LogP contribution in [-0.4, -0.2) is 36.1 Å². The molecule has 6 heteroatoms. The monoisotopic (exact) mass is 346 g/mol. The third kappa shape index (κ3) is 3.24. The molecule has 1 aliphatic heterocycles. The SMILES string of the molecule is Cc1nc(C)c([C@H](C)N(C)C(=O)c2ccc3c(c2)OCCCO3)s1. The lowest BCUT2D eigenvalue weighted by molar-refractivity contribution is 0.0744. The minimum atomic E-state index is -0.0383. The van der Waals surface area contributed by atoms with Gasteiger partial charge in [0, 0.05) is 23.9 Å². The Bertz CT molecular complexity index is 757. The first-order valence-corrected chi connectivity index (χ1v) is 8.89. The van der Waals surface area contributed by atoms with Gasteiger partial charge in [0.2, 0.25) is 0 Å². The number of thiazole rings is 1. The van der Waals surface area contributed by atoms with Crippen molar-refractivity contribution in [2.45, 2.75) is 33.2 Å². The lowest BCUT2D eigenvalue weighted by atomic mass is 10.1. The summed E-state index contributed by atoms with van der Waals surface area (Å²) in [6.07, 6.45) is 0.846. The van der Waals surface area contributed by atoms with Gasteiger partial charge in [-0.25, -0.2) is 4.98 Å². The fourth-order valence-electron chi connectivity index (χ4n) is 2.79. The number of ether oxygens (including phenoxy) is 2. The lowest BCUT2D eigenvalue weighted by Gasteiger charge is -2.25. The van der Waals surface area contributed by atoms with E-state index in [1.165, 1.54) is 0 Å². The predicted molar refractivity (Wildman–Crippen MR) is 94.1 cm³/mol. The molecule has 2 aromatic rings. The number of rotatable bonds is 3. The average Bonchev–Trinajstić information content (AvgIpc) is 2.77. The number of hydrogen-bond donors (Lipinski definition) is 0. The number of aromatic nitrogens is 1. The second-order valence-electron chi connectivity index (χ2n) is 5.99. The molecule has 0 fully saturated rings. The molecule has 2 heterocycles. The van der Waals surface area contributed by atoms with Crippen LogP contribution in [0, 0.1) is 13.8 Å². The van der Waals surface area contributed by atoms with E-state index < -0.39 is 0 Å². The first-order valence-electron chi connectivity index (χ1n) is 8.08. The molecule has 1 amide bonds. The Morgan fingerprint density at radius 2 is 1.96 bits per heavy atom. The summed E-state index contributed by atoms with van der Waals surface area (Å²) in [6.45, 7) is 7.25. The number of benzene rings is 1. The van der Waals surface area contributed by atoms with Crippen LogP contribution in [0.2, 0.25) is 0 Å². The fourth-order valence-corrected chi connectivity index (χ4v) is 3.81. The zero-order valence-electron chi connectivity index (χ0n) is 14.5. The number of carbonyl (C=O) groups is 1. The smallest absolute Gasteiger partial charge is 0.254 e. The molecule has 0 saturated heterocycles. The van der Waals surface area contributed by atoms with Crippen molar-refractivity contribution in [3.8, 4) is 11.5 Å². The summed E-state index contributed by atoms with van der Waals surface area (Å²) in [5.41, 5.74) is 1.59. The van der Waals surface area contributed by atoms with Crippen LogP contribution in [0.1, 0.15) is 45.3 Å². The number of aryl methyl sites for hydroxylation is 2. The topological polar surface area (TPSA) is 51.7 Å². The normalized spacial score (nSPS) is 14.8.